The summed E-state index contributed by atoms with van der Waals surface area (Å²) in [5, 5.41) is 14.8. The Kier molecular flexibility index (Phi) is 3.50. The van der Waals surface area contributed by atoms with E-state index in [1.54, 1.807) is 12.3 Å². The van der Waals surface area contributed by atoms with Gasteiger partial charge in [0.25, 0.3) is 11.6 Å². The molecule has 4 rings (SSSR count). The lowest BCUT2D eigenvalue weighted by molar-refractivity contribution is -0.385. The maximum Gasteiger partial charge on any atom is 0.274 e. The van der Waals surface area contributed by atoms with Gasteiger partial charge in [-0.05, 0) is 24.3 Å². The Balaban J connectivity index is 1.71. The number of aromatic amines is 1. The van der Waals surface area contributed by atoms with Gasteiger partial charge in [-0.15, -0.1) is 0 Å². The third-order valence-electron chi connectivity index (χ3n) is 3.89. The summed E-state index contributed by atoms with van der Waals surface area (Å²) in [4.78, 5) is 26.3. The molecule has 126 valence electrons. The van der Waals surface area contributed by atoms with Crippen LogP contribution in [0.5, 0.6) is 11.5 Å². The van der Waals surface area contributed by atoms with Gasteiger partial charge in [-0.25, -0.2) is 0 Å². The molecule has 0 unspecified atom stereocenters. The number of hydrogen-bond acceptors (Lipinski definition) is 5. The SMILES string of the molecule is O=C(Nc1ccc2[nH]ccc2c1)c1cc([N+](=O)[O-])cc2c1OCCO2. The molecule has 25 heavy (non-hydrogen) atoms. The average Bonchev–Trinajstić information content (AvgIpc) is 3.08. The van der Waals surface area contributed by atoms with Crippen LogP contribution >= 0.6 is 0 Å². The van der Waals surface area contributed by atoms with Crippen molar-refractivity contribution in [1.82, 2.24) is 4.98 Å². The predicted molar refractivity (Wildman–Crippen MR) is 90.3 cm³/mol. The van der Waals surface area contributed by atoms with Gasteiger partial charge in [-0.3, -0.25) is 14.9 Å². The van der Waals surface area contributed by atoms with Crippen molar-refractivity contribution in [3.05, 3.63) is 58.3 Å². The minimum Gasteiger partial charge on any atom is -0.486 e. The molecule has 2 aromatic carbocycles. The molecule has 1 amide bonds. The van der Waals surface area contributed by atoms with E-state index in [0.717, 1.165) is 10.9 Å². The topological polar surface area (TPSA) is 106 Å². The van der Waals surface area contributed by atoms with E-state index in [1.807, 2.05) is 18.2 Å². The summed E-state index contributed by atoms with van der Waals surface area (Å²) in [7, 11) is 0. The molecule has 0 saturated heterocycles. The van der Waals surface area contributed by atoms with Crippen molar-refractivity contribution < 1.29 is 19.2 Å². The summed E-state index contributed by atoms with van der Waals surface area (Å²) >= 11 is 0. The molecule has 8 nitrogen and oxygen atoms in total. The van der Waals surface area contributed by atoms with E-state index in [-0.39, 0.29) is 36.0 Å². The van der Waals surface area contributed by atoms with E-state index < -0.39 is 10.8 Å². The molecule has 0 radical (unpaired) electrons. The summed E-state index contributed by atoms with van der Waals surface area (Å²) < 4.78 is 10.9. The number of H-pyrrole nitrogens is 1. The van der Waals surface area contributed by atoms with Crippen molar-refractivity contribution in [2.75, 3.05) is 18.5 Å². The predicted octanol–water partition coefficient (Wildman–Crippen LogP) is 3.10. The average molecular weight is 339 g/mol. The van der Waals surface area contributed by atoms with Crippen LogP contribution in [-0.2, 0) is 0 Å². The standard InChI is InChI=1S/C17H13N3O5/c21-17(19-11-1-2-14-10(7-11)3-4-18-14)13-8-12(20(22)23)9-15-16(13)25-6-5-24-15/h1-4,7-9,18H,5-6H2,(H,19,21). The Bertz CT molecular complexity index is 995. The van der Waals surface area contributed by atoms with Crippen molar-refractivity contribution in [1.29, 1.82) is 0 Å². The lowest BCUT2D eigenvalue weighted by Gasteiger charge is -2.20. The molecule has 1 aliphatic rings. The summed E-state index contributed by atoms with van der Waals surface area (Å²) in [5.74, 6) is -0.0795. The number of nitro groups is 1. The Morgan fingerprint density at radius 3 is 2.84 bits per heavy atom. The van der Waals surface area contributed by atoms with Crippen LogP contribution in [0, 0.1) is 10.1 Å². The molecule has 0 spiro atoms. The number of anilines is 1. The van der Waals surface area contributed by atoms with E-state index in [2.05, 4.69) is 10.3 Å². The molecule has 8 heteroatoms. The molecule has 0 saturated carbocycles. The van der Waals surface area contributed by atoms with Crippen molar-refractivity contribution in [2.45, 2.75) is 0 Å². The van der Waals surface area contributed by atoms with E-state index in [0.29, 0.717) is 5.69 Å². The third-order valence-corrected chi connectivity index (χ3v) is 3.89. The van der Waals surface area contributed by atoms with Crippen LogP contribution in [-0.4, -0.2) is 29.0 Å². The zero-order valence-corrected chi connectivity index (χ0v) is 12.9. The molecule has 0 atom stereocenters. The number of fused-ring (bicyclic) bond motifs is 2. The molecule has 3 aromatic rings. The van der Waals surface area contributed by atoms with E-state index in [1.165, 1.54) is 12.1 Å². The number of nitrogens with zero attached hydrogens (tertiary/aromatic N) is 1. The number of ether oxygens (including phenoxy) is 2. The molecule has 1 aromatic heterocycles. The lowest BCUT2D eigenvalue weighted by atomic mass is 10.1. The monoisotopic (exact) mass is 339 g/mol. The summed E-state index contributed by atoms with van der Waals surface area (Å²) in [5.41, 5.74) is 1.37. The first kappa shape index (κ1) is 15.0. The van der Waals surface area contributed by atoms with Gasteiger partial charge in [0.1, 0.15) is 13.2 Å². The Labute approximate surface area is 141 Å². The number of non-ortho nitro benzene ring substituents is 1. The number of nitrogens with one attached hydrogen (secondary N) is 2. The Morgan fingerprint density at radius 1 is 1.16 bits per heavy atom. The fraction of sp³-hybridized carbons (Fsp3) is 0.118. The Hall–Kier alpha value is -3.55. The van der Waals surface area contributed by atoms with E-state index >= 15 is 0 Å². The Morgan fingerprint density at radius 2 is 2.00 bits per heavy atom. The number of benzene rings is 2. The highest BCUT2D eigenvalue weighted by molar-refractivity contribution is 6.08. The molecule has 2 heterocycles. The summed E-state index contributed by atoms with van der Waals surface area (Å²) in [6.45, 7) is 0.555. The van der Waals surface area contributed by atoms with Gasteiger partial charge in [-0.2, -0.15) is 0 Å². The quantitative estimate of drug-likeness (QED) is 0.563. The van der Waals surface area contributed by atoms with Gasteiger partial charge in [-0.1, -0.05) is 0 Å². The van der Waals surface area contributed by atoms with Crippen LogP contribution < -0.4 is 14.8 Å². The summed E-state index contributed by atoms with van der Waals surface area (Å²) in [6.07, 6.45) is 1.80. The third kappa shape index (κ3) is 2.74. The normalized spacial score (nSPS) is 12.8. The maximum atomic E-state index is 12.7. The highest BCUT2D eigenvalue weighted by Crippen LogP contribution is 2.38. The fourth-order valence-corrected chi connectivity index (χ4v) is 2.74. The van der Waals surface area contributed by atoms with Crippen molar-refractivity contribution in [3.8, 4) is 11.5 Å². The highest BCUT2D eigenvalue weighted by atomic mass is 16.6. The highest BCUT2D eigenvalue weighted by Gasteiger charge is 2.25. The van der Waals surface area contributed by atoms with Crippen molar-refractivity contribution in [3.63, 3.8) is 0 Å². The second-order valence-electron chi connectivity index (χ2n) is 5.51. The largest absolute Gasteiger partial charge is 0.486 e. The second kappa shape index (κ2) is 5.82. The number of carbonyl (C=O) groups is 1. The van der Waals surface area contributed by atoms with Crippen LogP contribution in [0.25, 0.3) is 10.9 Å². The molecular formula is C17H13N3O5. The number of carbonyl (C=O) groups excluding carboxylic acids is 1. The first-order valence-corrected chi connectivity index (χ1v) is 7.58. The number of hydrogen-bond donors (Lipinski definition) is 2. The van der Waals surface area contributed by atoms with Gasteiger partial charge in [0, 0.05) is 28.9 Å². The number of nitro benzene ring substituents is 1. The van der Waals surface area contributed by atoms with Crippen LogP contribution in [0.3, 0.4) is 0 Å². The van der Waals surface area contributed by atoms with Crippen molar-refractivity contribution >= 4 is 28.2 Å². The van der Waals surface area contributed by atoms with Crippen LogP contribution in [0.1, 0.15) is 10.4 Å². The van der Waals surface area contributed by atoms with Crippen LogP contribution in [0.2, 0.25) is 0 Å². The zero-order valence-electron chi connectivity index (χ0n) is 12.9. The molecule has 0 bridgehead atoms. The number of rotatable bonds is 3. The lowest BCUT2D eigenvalue weighted by Crippen LogP contribution is -2.20. The van der Waals surface area contributed by atoms with Gasteiger partial charge in [0.2, 0.25) is 0 Å². The van der Waals surface area contributed by atoms with Crippen molar-refractivity contribution in [2.24, 2.45) is 0 Å². The van der Waals surface area contributed by atoms with E-state index in [4.69, 9.17) is 9.47 Å². The molecule has 1 aliphatic heterocycles. The van der Waals surface area contributed by atoms with Crippen LogP contribution in [0.15, 0.2) is 42.6 Å². The number of aromatic nitrogens is 1. The smallest absolute Gasteiger partial charge is 0.274 e. The van der Waals surface area contributed by atoms with E-state index in [9.17, 15) is 14.9 Å². The maximum absolute atomic E-state index is 12.7. The minimum absolute atomic E-state index is 0.0677. The number of amides is 1. The molecule has 0 fully saturated rings. The minimum atomic E-state index is -0.569. The zero-order chi connectivity index (χ0) is 17.4. The first-order chi connectivity index (χ1) is 12.1. The van der Waals surface area contributed by atoms with Gasteiger partial charge >= 0.3 is 0 Å². The molecular weight excluding hydrogens is 326 g/mol. The van der Waals surface area contributed by atoms with Crippen LogP contribution in [0.4, 0.5) is 11.4 Å². The molecule has 0 aliphatic carbocycles. The molecule has 2 N–H and O–H groups in total. The van der Waals surface area contributed by atoms with Gasteiger partial charge < -0.3 is 19.8 Å². The summed E-state index contributed by atoms with van der Waals surface area (Å²) in [6, 6.07) is 9.74. The fourth-order valence-electron chi connectivity index (χ4n) is 2.74. The van der Waals surface area contributed by atoms with Gasteiger partial charge in [0.05, 0.1) is 16.6 Å². The first-order valence-electron chi connectivity index (χ1n) is 7.58. The van der Waals surface area contributed by atoms with Gasteiger partial charge in [0.15, 0.2) is 11.5 Å². The second-order valence-corrected chi connectivity index (χ2v) is 5.51.